The number of carbonyl (C=O) groups excluding carboxylic acids is 3. The van der Waals surface area contributed by atoms with Crippen molar-refractivity contribution >= 4 is 29.2 Å². The highest BCUT2D eigenvalue weighted by atomic mass is 16.5. The van der Waals surface area contributed by atoms with E-state index in [1.54, 1.807) is 25.1 Å². The third-order valence-corrected chi connectivity index (χ3v) is 5.71. The largest absolute Gasteiger partial charge is 0.452 e. The van der Waals surface area contributed by atoms with Gasteiger partial charge in [0.05, 0.1) is 23.0 Å². The van der Waals surface area contributed by atoms with Crippen LogP contribution in [0.15, 0.2) is 18.2 Å². The van der Waals surface area contributed by atoms with Gasteiger partial charge < -0.3 is 20.3 Å². The van der Waals surface area contributed by atoms with Crippen LogP contribution in [0.1, 0.15) is 43.0 Å². The fourth-order valence-electron chi connectivity index (χ4n) is 3.98. The number of nitrogens with zero attached hydrogens (tertiary/aromatic N) is 2. The Morgan fingerprint density at radius 3 is 2.89 bits per heavy atom. The number of amides is 2. The third kappa shape index (κ3) is 3.28. The Morgan fingerprint density at radius 2 is 2.18 bits per heavy atom. The van der Waals surface area contributed by atoms with E-state index in [0.717, 1.165) is 37.9 Å². The molecule has 4 rings (SSSR count). The summed E-state index contributed by atoms with van der Waals surface area (Å²) in [5, 5.41) is 14.8. The van der Waals surface area contributed by atoms with E-state index in [1.807, 2.05) is 0 Å². The summed E-state index contributed by atoms with van der Waals surface area (Å²) in [6.07, 6.45) is 3.59. The average molecular weight is 382 g/mol. The van der Waals surface area contributed by atoms with Crippen LogP contribution in [0.3, 0.4) is 0 Å². The fraction of sp³-hybridized carbons (Fsp3) is 0.500. The summed E-state index contributed by atoms with van der Waals surface area (Å²) in [4.78, 5) is 38.7. The van der Waals surface area contributed by atoms with Crippen LogP contribution in [0.4, 0.5) is 11.4 Å². The number of nitrogens with one attached hydrogen (secondary N) is 2. The number of nitriles is 1. The third-order valence-electron chi connectivity index (χ3n) is 5.71. The number of rotatable bonds is 5. The number of benzene rings is 1. The van der Waals surface area contributed by atoms with E-state index < -0.39 is 24.0 Å². The predicted molar refractivity (Wildman–Crippen MR) is 101 cm³/mol. The summed E-state index contributed by atoms with van der Waals surface area (Å²) in [6, 6.07) is 6.99. The Morgan fingerprint density at radius 1 is 1.39 bits per heavy atom. The number of ether oxygens (including phenoxy) is 1. The standard InChI is InChI=1S/C20H22N4O4/c1-20(11-21,13-5-6-13)23-17(25)10-28-19(27)12-4-7-15-14(9-12)22-18(26)16-3-2-8-24(15)16/h4,7,9,13,16H,2-3,5-6,8,10H2,1H3,(H,22,26)(H,23,25)/t16-,20-/m1/s1. The van der Waals surface area contributed by atoms with E-state index in [9.17, 15) is 19.6 Å². The van der Waals surface area contributed by atoms with Gasteiger partial charge in [-0.3, -0.25) is 9.59 Å². The lowest BCUT2D eigenvalue weighted by Gasteiger charge is -2.33. The van der Waals surface area contributed by atoms with Crippen LogP contribution in [0.25, 0.3) is 0 Å². The summed E-state index contributed by atoms with van der Waals surface area (Å²) >= 11 is 0. The first-order valence-corrected chi connectivity index (χ1v) is 9.52. The molecule has 1 saturated carbocycles. The van der Waals surface area contributed by atoms with Crippen LogP contribution < -0.4 is 15.5 Å². The molecule has 8 heteroatoms. The summed E-state index contributed by atoms with van der Waals surface area (Å²) in [5.41, 5.74) is 0.805. The molecule has 1 aromatic carbocycles. The van der Waals surface area contributed by atoms with Gasteiger partial charge in [0.1, 0.15) is 11.6 Å². The predicted octanol–water partition coefficient (Wildman–Crippen LogP) is 1.57. The first-order chi connectivity index (χ1) is 13.4. The second-order valence-electron chi connectivity index (χ2n) is 7.79. The lowest BCUT2D eigenvalue weighted by molar-refractivity contribution is -0.125. The van der Waals surface area contributed by atoms with Crippen molar-refractivity contribution in [2.24, 2.45) is 5.92 Å². The van der Waals surface area contributed by atoms with Crippen molar-refractivity contribution in [1.82, 2.24) is 5.32 Å². The SMILES string of the molecule is C[C@](C#N)(NC(=O)COC(=O)c1ccc2c(c1)NC(=O)[C@H]1CCCN21)C1CC1. The van der Waals surface area contributed by atoms with E-state index in [-0.39, 0.29) is 23.4 Å². The van der Waals surface area contributed by atoms with Crippen molar-refractivity contribution in [3.8, 4) is 6.07 Å². The topological polar surface area (TPSA) is 112 Å². The van der Waals surface area contributed by atoms with Crippen molar-refractivity contribution in [2.45, 2.75) is 44.2 Å². The van der Waals surface area contributed by atoms with E-state index in [4.69, 9.17) is 4.74 Å². The van der Waals surface area contributed by atoms with Gasteiger partial charge in [0.2, 0.25) is 5.91 Å². The maximum Gasteiger partial charge on any atom is 0.338 e. The second kappa shape index (κ2) is 6.82. The highest BCUT2D eigenvalue weighted by molar-refractivity contribution is 6.05. The van der Waals surface area contributed by atoms with E-state index in [0.29, 0.717) is 5.69 Å². The lowest BCUT2D eigenvalue weighted by atomic mass is 9.98. The molecule has 2 atom stereocenters. The van der Waals surface area contributed by atoms with Gasteiger partial charge in [0.25, 0.3) is 5.91 Å². The minimum Gasteiger partial charge on any atom is -0.452 e. The van der Waals surface area contributed by atoms with Crippen molar-refractivity contribution in [3.05, 3.63) is 23.8 Å². The van der Waals surface area contributed by atoms with Crippen molar-refractivity contribution in [3.63, 3.8) is 0 Å². The van der Waals surface area contributed by atoms with Gasteiger partial charge in [-0.05, 0) is 56.7 Å². The molecule has 2 amide bonds. The lowest BCUT2D eigenvalue weighted by Crippen LogP contribution is -2.48. The molecule has 2 fully saturated rings. The molecule has 1 aromatic rings. The minimum atomic E-state index is -0.925. The molecule has 0 aromatic heterocycles. The molecular weight excluding hydrogens is 360 g/mol. The Labute approximate surface area is 162 Å². The molecule has 2 heterocycles. The zero-order valence-electron chi connectivity index (χ0n) is 15.7. The second-order valence-corrected chi connectivity index (χ2v) is 7.79. The summed E-state index contributed by atoms with van der Waals surface area (Å²) in [6.45, 7) is 2.04. The van der Waals surface area contributed by atoms with E-state index in [1.165, 1.54) is 0 Å². The zero-order valence-corrected chi connectivity index (χ0v) is 15.7. The highest BCUT2D eigenvalue weighted by Crippen LogP contribution is 2.39. The van der Waals surface area contributed by atoms with Crippen LogP contribution in [0.2, 0.25) is 0 Å². The van der Waals surface area contributed by atoms with Gasteiger partial charge in [-0.15, -0.1) is 0 Å². The van der Waals surface area contributed by atoms with E-state index >= 15 is 0 Å². The smallest absolute Gasteiger partial charge is 0.338 e. The summed E-state index contributed by atoms with van der Waals surface area (Å²) in [5.74, 6) is -1.07. The number of anilines is 2. The first kappa shape index (κ1) is 18.3. The molecule has 0 unspecified atom stereocenters. The van der Waals surface area contributed by atoms with Crippen LogP contribution in [-0.2, 0) is 14.3 Å². The molecular formula is C20H22N4O4. The Bertz CT molecular complexity index is 889. The van der Waals surface area contributed by atoms with Crippen molar-refractivity contribution in [2.75, 3.05) is 23.4 Å². The Balaban J connectivity index is 1.39. The molecule has 1 aliphatic carbocycles. The van der Waals surface area contributed by atoms with Crippen LogP contribution in [0, 0.1) is 17.2 Å². The molecule has 2 aliphatic heterocycles. The van der Waals surface area contributed by atoms with Gasteiger partial charge in [-0.2, -0.15) is 5.26 Å². The van der Waals surface area contributed by atoms with Gasteiger partial charge >= 0.3 is 5.97 Å². The molecule has 1 saturated heterocycles. The first-order valence-electron chi connectivity index (χ1n) is 9.52. The average Bonchev–Trinajstić information content (AvgIpc) is 3.43. The van der Waals surface area contributed by atoms with Crippen LogP contribution in [0.5, 0.6) is 0 Å². The minimum absolute atomic E-state index is 0.0641. The Hall–Kier alpha value is -3.08. The monoisotopic (exact) mass is 382 g/mol. The van der Waals surface area contributed by atoms with Gasteiger partial charge in [-0.1, -0.05) is 0 Å². The van der Waals surface area contributed by atoms with Crippen molar-refractivity contribution < 1.29 is 19.1 Å². The molecule has 146 valence electrons. The molecule has 28 heavy (non-hydrogen) atoms. The number of esters is 1. The Kier molecular flexibility index (Phi) is 4.46. The molecule has 0 bridgehead atoms. The van der Waals surface area contributed by atoms with Crippen LogP contribution >= 0.6 is 0 Å². The number of fused-ring (bicyclic) bond motifs is 3. The fourth-order valence-corrected chi connectivity index (χ4v) is 3.98. The summed E-state index contributed by atoms with van der Waals surface area (Å²) in [7, 11) is 0. The van der Waals surface area contributed by atoms with Gasteiger partial charge in [0.15, 0.2) is 6.61 Å². The molecule has 0 spiro atoms. The van der Waals surface area contributed by atoms with E-state index in [2.05, 4.69) is 21.6 Å². The maximum absolute atomic E-state index is 12.3. The quantitative estimate of drug-likeness (QED) is 0.748. The normalized spacial score (nSPS) is 22.2. The van der Waals surface area contributed by atoms with Gasteiger partial charge in [0, 0.05) is 6.54 Å². The number of hydrogen-bond donors (Lipinski definition) is 2. The molecule has 2 N–H and O–H groups in total. The molecule has 8 nitrogen and oxygen atoms in total. The van der Waals surface area contributed by atoms with Gasteiger partial charge in [-0.25, -0.2) is 4.79 Å². The van der Waals surface area contributed by atoms with Crippen molar-refractivity contribution in [1.29, 1.82) is 5.26 Å². The van der Waals surface area contributed by atoms with Crippen LogP contribution in [-0.4, -0.2) is 42.5 Å². The zero-order chi connectivity index (χ0) is 19.9. The number of carbonyl (C=O) groups is 3. The molecule has 3 aliphatic rings. The highest BCUT2D eigenvalue weighted by Gasteiger charge is 2.43. The number of hydrogen-bond acceptors (Lipinski definition) is 6. The maximum atomic E-state index is 12.3. The molecule has 0 radical (unpaired) electrons. The summed E-state index contributed by atoms with van der Waals surface area (Å²) < 4.78 is 5.10.